The molecule has 2 aliphatic rings. The van der Waals surface area contributed by atoms with Crippen molar-refractivity contribution in [1.29, 1.82) is 0 Å². The van der Waals surface area contributed by atoms with Crippen molar-refractivity contribution in [2.24, 2.45) is 0 Å². The molecule has 5 rings (SSSR count). The summed E-state index contributed by atoms with van der Waals surface area (Å²) in [5.41, 5.74) is 5.95. The molecule has 0 aliphatic carbocycles. The van der Waals surface area contributed by atoms with Crippen molar-refractivity contribution >= 4 is 17.3 Å². The van der Waals surface area contributed by atoms with Crippen molar-refractivity contribution in [2.75, 3.05) is 44.7 Å². The zero-order valence-electron chi connectivity index (χ0n) is 19.9. The fraction of sp³-hybridized carbons (Fsp3) is 0.407. The number of hydrogen-bond donors (Lipinski definition) is 0. The quantitative estimate of drug-likeness (QED) is 0.531. The van der Waals surface area contributed by atoms with Gasteiger partial charge in [0.15, 0.2) is 0 Å². The number of likely N-dealkylation sites (N-methyl/N-ethyl adjacent to an activating group) is 1. The van der Waals surface area contributed by atoms with Crippen LogP contribution in [-0.4, -0.2) is 54.5 Å². The molecule has 0 saturated carbocycles. The molecule has 7 heteroatoms. The lowest BCUT2D eigenvalue weighted by Gasteiger charge is -2.34. The first-order valence-corrected chi connectivity index (χ1v) is 12.4. The summed E-state index contributed by atoms with van der Waals surface area (Å²) < 4.78 is 7.36. The molecular weight excluding hydrogens is 448 g/mol. The predicted octanol–water partition coefficient (Wildman–Crippen LogP) is 4.19. The first kappa shape index (κ1) is 22.9. The van der Waals surface area contributed by atoms with Gasteiger partial charge in [0.05, 0.1) is 12.3 Å². The zero-order valence-corrected chi connectivity index (χ0v) is 20.6. The Morgan fingerprint density at radius 3 is 2.68 bits per heavy atom. The highest BCUT2D eigenvalue weighted by atomic mass is 35.5. The molecule has 0 radical (unpaired) electrons. The molecule has 0 amide bonds. The van der Waals surface area contributed by atoms with E-state index in [1.165, 1.54) is 5.56 Å². The number of anilines is 1. The summed E-state index contributed by atoms with van der Waals surface area (Å²) in [6.45, 7) is 6.88. The molecule has 3 aromatic rings. The predicted molar refractivity (Wildman–Crippen MR) is 137 cm³/mol. The van der Waals surface area contributed by atoms with Crippen LogP contribution in [-0.2, 0) is 19.4 Å². The summed E-state index contributed by atoms with van der Waals surface area (Å²) in [7, 11) is 2.13. The Kier molecular flexibility index (Phi) is 6.61. The van der Waals surface area contributed by atoms with Gasteiger partial charge in [-0.2, -0.15) is 5.10 Å². The van der Waals surface area contributed by atoms with Crippen LogP contribution in [0, 0.1) is 6.92 Å². The van der Waals surface area contributed by atoms with Gasteiger partial charge >= 0.3 is 0 Å². The monoisotopic (exact) mass is 478 g/mol. The topological polar surface area (TPSA) is 50.6 Å². The van der Waals surface area contributed by atoms with E-state index in [1.54, 1.807) is 4.68 Å². The van der Waals surface area contributed by atoms with Crippen LogP contribution < -0.4 is 15.2 Å². The van der Waals surface area contributed by atoms with Gasteiger partial charge in [0.25, 0.3) is 5.56 Å². The van der Waals surface area contributed by atoms with Crippen LogP contribution in [0.2, 0.25) is 5.02 Å². The zero-order chi connectivity index (χ0) is 23.7. The van der Waals surface area contributed by atoms with E-state index in [2.05, 4.69) is 29.0 Å². The number of aromatic nitrogens is 2. The Morgan fingerprint density at radius 2 is 1.88 bits per heavy atom. The van der Waals surface area contributed by atoms with Crippen LogP contribution in [0.3, 0.4) is 0 Å². The maximum absolute atomic E-state index is 13.6. The van der Waals surface area contributed by atoms with Crippen LogP contribution in [0.25, 0.3) is 11.3 Å². The molecule has 2 aliphatic heterocycles. The van der Waals surface area contributed by atoms with E-state index < -0.39 is 0 Å². The lowest BCUT2D eigenvalue weighted by Crippen LogP contribution is -2.47. The van der Waals surface area contributed by atoms with Crippen LogP contribution in [0.1, 0.15) is 23.1 Å². The molecular formula is C27H31ClN4O2. The minimum Gasteiger partial charge on any atom is -0.493 e. The van der Waals surface area contributed by atoms with Crippen LogP contribution >= 0.6 is 11.6 Å². The molecule has 1 saturated heterocycles. The van der Waals surface area contributed by atoms with Gasteiger partial charge in [-0.25, -0.2) is 4.68 Å². The Balaban J connectivity index is 1.51. The SMILES string of the molecule is Cc1c(-c2ccc3c(c2)CCO3)nn(CCCc2ccccc2Cl)c(=O)c1N1CCN(C)CC1. The van der Waals surface area contributed by atoms with Gasteiger partial charge in [-0.3, -0.25) is 4.79 Å². The lowest BCUT2D eigenvalue weighted by molar-refractivity contribution is 0.312. The standard InChI is InChI=1S/C27H31ClN4O2/c1-19-25(22-9-10-24-21(18-22)11-17-34-24)29-32(12-5-7-20-6-3-4-8-23(20)28)27(33)26(19)31-15-13-30(2)14-16-31/h3-4,6,8-10,18H,5,7,11-17H2,1-2H3. The molecule has 6 nitrogen and oxygen atoms in total. The van der Waals surface area contributed by atoms with E-state index in [0.29, 0.717) is 6.54 Å². The summed E-state index contributed by atoms with van der Waals surface area (Å²) in [6, 6.07) is 14.2. The smallest absolute Gasteiger partial charge is 0.290 e. The maximum Gasteiger partial charge on any atom is 0.290 e. The van der Waals surface area contributed by atoms with Crippen molar-refractivity contribution in [3.05, 3.63) is 74.5 Å². The van der Waals surface area contributed by atoms with E-state index in [4.69, 9.17) is 21.4 Å². The molecule has 0 bridgehead atoms. The van der Waals surface area contributed by atoms with E-state index in [1.807, 2.05) is 37.3 Å². The van der Waals surface area contributed by atoms with Crippen molar-refractivity contribution in [1.82, 2.24) is 14.7 Å². The third-order valence-electron chi connectivity index (χ3n) is 6.92. The Hall–Kier alpha value is -2.83. The molecule has 0 unspecified atom stereocenters. The number of hydrogen-bond acceptors (Lipinski definition) is 5. The second-order valence-corrected chi connectivity index (χ2v) is 9.66. The van der Waals surface area contributed by atoms with Gasteiger partial charge in [-0.1, -0.05) is 29.8 Å². The Labute approximate surface area is 205 Å². The summed E-state index contributed by atoms with van der Waals surface area (Å²) in [5, 5.41) is 5.65. The second kappa shape index (κ2) is 9.80. The highest BCUT2D eigenvalue weighted by Gasteiger charge is 2.24. The van der Waals surface area contributed by atoms with Crippen molar-refractivity contribution in [3.8, 4) is 17.0 Å². The second-order valence-electron chi connectivity index (χ2n) is 9.26. The normalized spacial score (nSPS) is 15.9. The number of ether oxygens (including phenoxy) is 1. The number of aryl methyl sites for hydroxylation is 2. The van der Waals surface area contributed by atoms with Crippen molar-refractivity contribution in [2.45, 2.75) is 32.7 Å². The molecule has 34 heavy (non-hydrogen) atoms. The van der Waals surface area contributed by atoms with Crippen LogP contribution in [0.5, 0.6) is 5.75 Å². The Morgan fingerprint density at radius 1 is 1.09 bits per heavy atom. The molecule has 0 spiro atoms. The van der Waals surface area contributed by atoms with Gasteiger partial charge in [0, 0.05) is 55.3 Å². The highest BCUT2D eigenvalue weighted by molar-refractivity contribution is 6.31. The van der Waals surface area contributed by atoms with E-state index >= 15 is 0 Å². The Bertz CT molecular complexity index is 1250. The lowest BCUT2D eigenvalue weighted by atomic mass is 10.0. The third kappa shape index (κ3) is 4.57. The number of piperazine rings is 1. The molecule has 3 heterocycles. The highest BCUT2D eigenvalue weighted by Crippen LogP contribution is 2.33. The summed E-state index contributed by atoms with van der Waals surface area (Å²) in [6.07, 6.45) is 2.50. The number of benzene rings is 2. The van der Waals surface area contributed by atoms with Gasteiger partial charge in [0.2, 0.25) is 0 Å². The fourth-order valence-electron chi connectivity index (χ4n) is 4.92. The maximum atomic E-state index is 13.6. The third-order valence-corrected chi connectivity index (χ3v) is 7.29. The van der Waals surface area contributed by atoms with Crippen molar-refractivity contribution < 1.29 is 4.74 Å². The van der Waals surface area contributed by atoms with Crippen molar-refractivity contribution in [3.63, 3.8) is 0 Å². The van der Waals surface area contributed by atoms with Crippen LogP contribution in [0.4, 0.5) is 5.69 Å². The summed E-state index contributed by atoms with van der Waals surface area (Å²) in [4.78, 5) is 18.2. The van der Waals surface area contributed by atoms with Gasteiger partial charge in [-0.15, -0.1) is 0 Å². The fourth-order valence-corrected chi connectivity index (χ4v) is 5.15. The summed E-state index contributed by atoms with van der Waals surface area (Å²) in [5.74, 6) is 0.953. The minimum absolute atomic E-state index is 0.00513. The summed E-state index contributed by atoms with van der Waals surface area (Å²) >= 11 is 6.34. The largest absolute Gasteiger partial charge is 0.493 e. The average Bonchev–Trinajstić information content (AvgIpc) is 3.31. The molecule has 0 atom stereocenters. The van der Waals surface area contributed by atoms with E-state index in [-0.39, 0.29) is 5.56 Å². The molecule has 178 valence electrons. The van der Waals surface area contributed by atoms with E-state index in [0.717, 1.165) is 90.9 Å². The first-order chi connectivity index (χ1) is 16.5. The van der Waals surface area contributed by atoms with Gasteiger partial charge < -0.3 is 14.5 Å². The van der Waals surface area contributed by atoms with Crippen LogP contribution in [0.15, 0.2) is 47.3 Å². The molecule has 1 aromatic heterocycles. The molecule has 1 fully saturated rings. The average molecular weight is 479 g/mol. The minimum atomic E-state index is -0.00513. The number of fused-ring (bicyclic) bond motifs is 1. The number of halogens is 1. The van der Waals surface area contributed by atoms with Gasteiger partial charge in [-0.05, 0) is 62.2 Å². The van der Waals surface area contributed by atoms with Gasteiger partial charge in [0.1, 0.15) is 11.4 Å². The number of rotatable bonds is 6. The molecule has 2 aromatic carbocycles. The number of nitrogens with zero attached hydrogens (tertiary/aromatic N) is 4. The van der Waals surface area contributed by atoms with E-state index in [9.17, 15) is 4.79 Å². The first-order valence-electron chi connectivity index (χ1n) is 12.1. The molecule has 0 N–H and O–H groups in total.